The SMILES string of the molecule is COc1ccc(C(F)(F)F)cc1/C=C/CO. The summed E-state index contributed by atoms with van der Waals surface area (Å²) in [6.07, 6.45) is -1.65. The average molecular weight is 232 g/mol. The van der Waals surface area contributed by atoms with Crippen molar-refractivity contribution in [2.45, 2.75) is 6.18 Å². The predicted octanol–water partition coefficient (Wildman–Crippen LogP) is 2.72. The minimum Gasteiger partial charge on any atom is -0.496 e. The highest BCUT2D eigenvalue weighted by Gasteiger charge is 2.30. The highest BCUT2D eigenvalue weighted by Crippen LogP contribution is 2.32. The molecule has 0 heterocycles. The van der Waals surface area contributed by atoms with Crippen molar-refractivity contribution >= 4 is 6.08 Å². The van der Waals surface area contributed by atoms with Crippen molar-refractivity contribution in [2.75, 3.05) is 13.7 Å². The van der Waals surface area contributed by atoms with E-state index in [1.807, 2.05) is 0 Å². The highest BCUT2D eigenvalue weighted by atomic mass is 19.4. The minimum absolute atomic E-state index is 0.237. The summed E-state index contributed by atoms with van der Waals surface area (Å²) in [7, 11) is 1.37. The second-order valence-electron chi connectivity index (χ2n) is 3.04. The summed E-state index contributed by atoms with van der Waals surface area (Å²) in [6.45, 7) is -0.237. The van der Waals surface area contributed by atoms with Gasteiger partial charge in [0.1, 0.15) is 5.75 Å². The van der Waals surface area contributed by atoms with Gasteiger partial charge in [0, 0.05) is 5.56 Å². The van der Waals surface area contributed by atoms with Crippen molar-refractivity contribution in [3.8, 4) is 5.75 Å². The van der Waals surface area contributed by atoms with Crippen molar-refractivity contribution in [1.82, 2.24) is 0 Å². The Balaban J connectivity index is 3.16. The molecule has 2 nitrogen and oxygen atoms in total. The maximum absolute atomic E-state index is 12.4. The summed E-state index contributed by atoms with van der Waals surface area (Å²) < 4.78 is 42.1. The van der Waals surface area contributed by atoms with E-state index in [9.17, 15) is 13.2 Å². The van der Waals surface area contributed by atoms with Gasteiger partial charge in [-0.25, -0.2) is 0 Å². The van der Waals surface area contributed by atoms with Crippen LogP contribution in [0.4, 0.5) is 13.2 Å². The molecule has 16 heavy (non-hydrogen) atoms. The van der Waals surface area contributed by atoms with Gasteiger partial charge in [0.05, 0.1) is 19.3 Å². The number of benzene rings is 1. The van der Waals surface area contributed by atoms with Crippen molar-refractivity contribution in [1.29, 1.82) is 0 Å². The molecular formula is C11H11F3O2. The molecule has 0 spiro atoms. The van der Waals surface area contributed by atoms with Crippen LogP contribution in [0.15, 0.2) is 24.3 Å². The van der Waals surface area contributed by atoms with Crippen LogP contribution in [0.5, 0.6) is 5.75 Å². The summed E-state index contributed by atoms with van der Waals surface area (Å²) in [5.41, 5.74) is -0.461. The Morgan fingerprint density at radius 2 is 2.06 bits per heavy atom. The third-order valence-electron chi connectivity index (χ3n) is 1.96. The Morgan fingerprint density at radius 1 is 1.38 bits per heavy atom. The fourth-order valence-corrected chi connectivity index (χ4v) is 1.22. The number of halogens is 3. The molecule has 5 heteroatoms. The Morgan fingerprint density at radius 3 is 2.56 bits per heavy atom. The van der Waals surface area contributed by atoms with Gasteiger partial charge in [0.15, 0.2) is 0 Å². The molecule has 0 aliphatic rings. The topological polar surface area (TPSA) is 29.5 Å². The monoisotopic (exact) mass is 232 g/mol. The van der Waals surface area contributed by atoms with E-state index in [0.717, 1.165) is 12.1 Å². The molecule has 0 aromatic heterocycles. The third-order valence-corrected chi connectivity index (χ3v) is 1.96. The molecular weight excluding hydrogens is 221 g/mol. The van der Waals surface area contributed by atoms with Gasteiger partial charge >= 0.3 is 6.18 Å². The van der Waals surface area contributed by atoms with Crippen LogP contribution < -0.4 is 4.74 Å². The zero-order valence-corrected chi connectivity index (χ0v) is 8.58. The number of alkyl halides is 3. The Hall–Kier alpha value is -1.49. The van der Waals surface area contributed by atoms with Crippen molar-refractivity contribution in [3.63, 3.8) is 0 Å². The van der Waals surface area contributed by atoms with E-state index >= 15 is 0 Å². The van der Waals surface area contributed by atoms with Crippen molar-refractivity contribution < 1.29 is 23.0 Å². The van der Waals surface area contributed by atoms with Crippen LogP contribution in [-0.4, -0.2) is 18.8 Å². The van der Waals surface area contributed by atoms with Gasteiger partial charge in [-0.15, -0.1) is 0 Å². The number of aliphatic hydroxyl groups is 1. The highest BCUT2D eigenvalue weighted by molar-refractivity contribution is 5.58. The van der Waals surface area contributed by atoms with E-state index in [1.165, 1.54) is 25.3 Å². The molecule has 88 valence electrons. The van der Waals surface area contributed by atoms with Gasteiger partial charge in [0.2, 0.25) is 0 Å². The molecule has 0 atom stereocenters. The number of rotatable bonds is 3. The van der Waals surface area contributed by atoms with E-state index in [4.69, 9.17) is 9.84 Å². The van der Waals surface area contributed by atoms with Crippen molar-refractivity contribution in [3.05, 3.63) is 35.4 Å². The lowest BCUT2D eigenvalue weighted by molar-refractivity contribution is -0.137. The molecule has 0 saturated heterocycles. The molecule has 0 aliphatic heterocycles. The van der Waals surface area contributed by atoms with Crippen LogP contribution in [0.25, 0.3) is 6.08 Å². The number of hydrogen-bond donors (Lipinski definition) is 1. The van der Waals surface area contributed by atoms with E-state index in [2.05, 4.69) is 0 Å². The number of aliphatic hydroxyl groups excluding tert-OH is 1. The molecule has 0 amide bonds. The van der Waals surface area contributed by atoms with Gasteiger partial charge < -0.3 is 9.84 Å². The second-order valence-corrected chi connectivity index (χ2v) is 3.04. The Bertz CT molecular complexity index is 383. The van der Waals surface area contributed by atoms with E-state index in [-0.39, 0.29) is 12.2 Å². The molecule has 1 aromatic rings. The lowest BCUT2D eigenvalue weighted by atomic mass is 10.1. The van der Waals surface area contributed by atoms with Crippen LogP contribution in [0.2, 0.25) is 0 Å². The van der Waals surface area contributed by atoms with E-state index in [0.29, 0.717) is 5.75 Å². The van der Waals surface area contributed by atoms with Crippen LogP contribution in [0.1, 0.15) is 11.1 Å². The maximum Gasteiger partial charge on any atom is 0.416 e. The summed E-state index contributed by atoms with van der Waals surface area (Å²) in [4.78, 5) is 0. The van der Waals surface area contributed by atoms with Crippen LogP contribution in [0, 0.1) is 0 Å². The van der Waals surface area contributed by atoms with Gasteiger partial charge in [-0.2, -0.15) is 13.2 Å². The molecule has 0 bridgehead atoms. The molecule has 1 rings (SSSR count). The van der Waals surface area contributed by atoms with Crippen LogP contribution in [0.3, 0.4) is 0 Å². The van der Waals surface area contributed by atoms with Gasteiger partial charge in [-0.1, -0.05) is 12.2 Å². The molecule has 0 aliphatic carbocycles. The Kier molecular flexibility index (Phi) is 3.95. The minimum atomic E-state index is -4.38. The molecule has 0 fully saturated rings. The molecule has 0 saturated carbocycles. The number of methoxy groups -OCH3 is 1. The van der Waals surface area contributed by atoms with Crippen LogP contribution >= 0.6 is 0 Å². The molecule has 1 N–H and O–H groups in total. The summed E-state index contributed by atoms with van der Waals surface area (Å²) in [5, 5.41) is 8.57. The third kappa shape index (κ3) is 3.00. The summed E-state index contributed by atoms with van der Waals surface area (Å²) in [6, 6.07) is 3.18. The van der Waals surface area contributed by atoms with Gasteiger partial charge in [-0.3, -0.25) is 0 Å². The first-order chi connectivity index (χ1) is 7.49. The first kappa shape index (κ1) is 12.6. The zero-order valence-electron chi connectivity index (χ0n) is 8.58. The maximum atomic E-state index is 12.4. The molecule has 0 unspecified atom stereocenters. The van der Waals surface area contributed by atoms with Gasteiger partial charge in [0.25, 0.3) is 0 Å². The first-order valence-electron chi connectivity index (χ1n) is 4.51. The smallest absolute Gasteiger partial charge is 0.416 e. The number of hydrogen-bond acceptors (Lipinski definition) is 2. The largest absolute Gasteiger partial charge is 0.496 e. The average Bonchev–Trinajstić information content (AvgIpc) is 2.24. The quantitative estimate of drug-likeness (QED) is 0.868. The fourth-order valence-electron chi connectivity index (χ4n) is 1.22. The Labute approximate surface area is 91.0 Å². The predicted molar refractivity (Wildman–Crippen MR) is 54.1 cm³/mol. The zero-order chi connectivity index (χ0) is 12.2. The first-order valence-corrected chi connectivity index (χ1v) is 4.51. The van der Waals surface area contributed by atoms with Crippen LogP contribution in [-0.2, 0) is 6.18 Å². The summed E-state index contributed by atoms with van der Waals surface area (Å²) >= 11 is 0. The fraction of sp³-hybridized carbons (Fsp3) is 0.273. The van der Waals surface area contributed by atoms with Crippen molar-refractivity contribution in [2.24, 2.45) is 0 Å². The lowest BCUT2D eigenvalue weighted by Gasteiger charge is -2.10. The second kappa shape index (κ2) is 5.03. The van der Waals surface area contributed by atoms with E-state index < -0.39 is 11.7 Å². The number of ether oxygens (including phenoxy) is 1. The lowest BCUT2D eigenvalue weighted by Crippen LogP contribution is -2.05. The van der Waals surface area contributed by atoms with Gasteiger partial charge in [-0.05, 0) is 18.2 Å². The van der Waals surface area contributed by atoms with E-state index in [1.54, 1.807) is 0 Å². The summed E-state index contributed by atoms with van der Waals surface area (Å²) in [5.74, 6) is 0.331. The normalized spacial score (nSPS) is 12.1. The molecule has 1 aromatic carbocycles. The molecule has 0 radical (unpaired) electrons. The standard InChI is InChI=1S/C11H11F3O2/c1-16-10-5-4-9(11(12,13)14)7-8(10)3-2-6-15/h2-5,7,15H,6H2,1H3/b3-2+.